The fourth-order valence-electron chi connectivity index (χ4n) is 2.45. The molecule has 0 aliphatic carbocycles. The number of hydrogen-bond donors (Lipinski definition) is 0. The Hall–Kier alpha value is -1.23. The molecule has 1 heterocycles. The van der Waals surface area contributed by atoms with Gasteiger partial charge in [-0.15, -0.1) is 0 Å². The third-order valence-electron chi connectivity index (χ3n) is 4.64. The van der Waals surface area contributed by atoms with Crippen molar-refractivity contribution < 1.29 is 9.31 Å². The largest absolute Gasteiger partial charge is 0.494 e. The van der Waals surface area contributed by atoms with Crippen LogP contribution in [0.1, 0.15) is 33.3 Å². The van der Waals surface area contributed by atoms with Gasteiger partial charge in [0.15, 0.2) is 0 Å². The average molecular weight is 326 g/mol. The molecular formula is C19H23BO2S. The van der Waals surface area contributed by atoms with E-state index < -0.39 is 0 Å². The molecule has 0 bridgehead atoms. The number of rotatable bonds is 3. The van der Waals surface area contributed by atoms with Gasteiger partial charge >= 0.3 is 7.12 Å². The second kappa shape index (κ2) is 6.01. The van der Waals surface area contributed by atoms with Crippen LogP contribution in [0.2, 0.25) is 0 Å². The molecule has 0 radical (unpaired) electrons. The lowest BCUT2D eigenvalue weighted by Gasteiger charge is -2.32. The summed E-state index contributed by atoms with van der Waals surface area (Å²) >= 11 is 1.76. The highest BCUT2D eigenvalue weighted by molar-refractivity contribution is 7.99. The average Bonchev–Trinajstić information content (AvgIpc) is 2.70. The third-order valence-corrected chi connectivity index (χ3v) is 5.64. The maximum absolute atomic E-state index is 6.14. The Morgan fingerprint density at radius 1 is 0.826 bits per heavy atom. The second-order valence-electron chi connectivity index (χ2n) is 7.08. The number of hydrogen-bond acceptors (Lipinski definition) is 3. The summed E-state index contributed by atoms with van der Waals surface area (Å²) in [6, 6.07) is 17.0. The van der Waals surface area contributed by atoms with Gasteiger partial charge in [0.05, 0.1) is 11.2 Å². The van der Waals surface area contributed by atoms with Crippen LogP contribution in [-0.4, -0.2) is 18.3 Å². The van der Waals surface area contributed by atoms with Crippen LogP contribution >= 0.6 is 11.8 Å². The predicted octanol–water partition coefficient (Wildman–Crippen LogP) is 4.45. The monoisotopic (exact) mass is 326 g/mol. The highest BCUT2D eigenvalue weighted by Crippen LogP contribution is 2.37. The first-order valence-corrected chi connectivity index (χ1v) is 8.79. The van der Waals surface area contributed by atoms with Crippen molar-refractivity contribution in [3.8, 4) is 0 Å². The zero-order valence-corrected chi connectivity index (χ0v) is 15.2. The van der Waals surface area contributed by atoms with Crippen molar-refractivity contribution in [1.82, 2.24) is 0 Å². The molecule has 4 heteroatoms. The molecule has 1 aliphatic rings. The first-order valence-electron chi connectivity index (χ1n) is 7.97. The first-order chi connectivity index (χ1) is 10.8. The minimum Gasteiger partial charge on any atom is -0.399 e. The van der Waals surface area contributed by atoms with Crippen molar-refractivity contribution in [3.63, 3.8) is 0 Å². The summed E-state index contributed by atoms with van der Waals surface area (Å²) in [5.41, 5.74) is 1.73. The molecular weight excluding hydrogens is 303 g/mol. The lowest BCUT2D eigenvalue weighted by molar-refractivity contribution is 0.00578. The van der Waals surface area contributed by atoms with E-state index in [0.29, 0.717) is 0 Å². The zero-order chi connectivity index (χ0) is 16.7. The molecule has 3 rings (SSSR count). The van der Waals surface area contributed by atoms with Crippen LogP contribution < -0.4 is 5.46 Å². The Morgan fingerprint density at radius 3 is 2.04 bits per heavy atom. The molecule has 0 unspecified atom stereocenters. The van der Waals surface area contributed by atoms with E-state index in [0.717, 1.165) is 5.46 Å². The summed E-state index contributed by atoms with van der Waals surface area (Å²) < 4.78 is 12.3. The maximum Gasteiger partial charge on any atom is 0.494 e. The van der Waals surface area contributed by atoms with Crippen LogP contribution in [0.5, 0.6) is 0 Å². The van der Waals surface area contributed by atoms with Crippen molar-refractivity contribution in [2.24, 2.45) is 0 Å². The van der Waals surface area contributed by atoms with E-state index in [-0.39, 0.29) is 18.3 Å². The Bertz CT molecular complexity index is 679. The van der Waals surface area contributed by atoms with Crippen molar-refractivity contribution in [2.45, 2.75) is 55.6 Å². The first kappa shape index (κ1) is 16.6. The van der Waals surface area contributed by atoms with Gasteiger partial charge < -0.3 is 9.31 Å². The second-order valence-corrected chi connectivity index (χ2v) is 8.22. The summed E-state index contributed by atoms with van der Waals surface area (Å²) in [6.45, 7) is 10.4. The van der Waals surface area contributed by atoms with E-state index in [1.807, 2.05) is 0 Å². The quantitative estimate of drug-likeness (QED) is 0.777. The fraction of sp³-hybridized carbons (Fsp3) is 0.368. The molecule has 0 saturated carbocycles. The van der Waals surface area contributed by atoms with Gasteiger partial charge in [-0.05, 0) is 64.3 Å². The Labute approximate surface area is 143 Å². The Morgan fingerprint density at radius 2 is 1.43 bits per heavy atom. The van der Waals surface area contributed by atoms with Crippen molar-refractivity contribution >= 4 is 24.3 Å². The SMILES string of the molecule is Cc1ccc(Sc2cccc(B3OC(C)(C)C(C)(C)O3)c2)cc1. The molecule has 2 aromatic carbocycles. The number of benzene rings is 2. The highest BCUT2D eigenvalue weighted by Gasteiger charge is 2.51. The molecule has 120 valence electrons. The van der Waals surface area contributed by atoms with Crippen LogP contribution in [0.25, 0.3) is 0 Å². The number of aryl methyl sites for hydroxylation is 1. The lowest BCUT2D eigenvalue weighted by Crippen LogP contribution is -2.41. The minimum absolute atomic E-state index is 0.307. The molecule has 23 heavy (non-hydrogen) atoms. The molecule has 2 aromatic rings. The van der Waals surface area contributed by atoms with Crippen LogP contribution in [0, 0.1) is 6.92 Å². The van der Waals surface area contributed by atoms with Gasteiger partial charge in [-0.25, -0.2) is 0 Å². The Balaban J connectivity index is 1.79. The zero-order valence-electron chi connectivity index (χ0n) is 14.4. The summed E-state index contributed by atoms with van der Waals surface area (Å²) in [5, 5.41) is 0. The third kappa shape index (κ3) is 3.49. The van der Waals surface area contributed by atoms with Gasteiger partial charge in [-0.1, -0.05) is 41.6 Å². The van der Waals surface area contributed by atoms with E-state index >= 15 is 0 Å². The highest BCUT2D eigenvalue weighted by atomic mass is 32.2. The summed E-state index contributed by atoms with van der Waals surface area (Å²) in [4.78, 5) is 2.43. The summed E-state index contributed by atoms with van der Waals surface area (Å²) in [5.74, 6) is 0. The van der Waals surface area contributed by atoms with Crippen LogP contribution in [-0.2, 0) is 9.31 Å². The maximum atomic E-state index is 6.14. The van der Waals surface area contributed by atoms with Crippen LogP contribution in [0.4, 0.5) is 0 Å². The minimum atomic E-state index is -0.308. The van der Waals surface area contributed by atoms with E-state index in [9.17, 15) is 0 Å². The molecule has 0 atom stereocenters. The van der Waals surface area contributed by atoms with Gasteiger partial charge in [0.1, 0.15) is 0 Å². The van der Waals surface area contributed by atoms with Gasteiger partial charge in [-0.2, -0.15) is 0 Å². The predicted molar refractivity (Wildman–Crippen MR) is 97.5 cm³/mol. The van der Waals surface area contributed by atoms with E-state index in [1.165, 1.54) is 15.4 Å². The molecule has 0 aromatic heterocycles. The smallest absolute Gasteiger partial charge is 0.399 e. The molecule has 0 spiro atoms. The van der Waals surface area contributed by atoms with Gasteiger partial charge in [0.25, 0.3) is 0 Å². The molecule has 0 N–H and O–H groups in total. The van der Waals surface area contributed by atoms with Crippen molar-refractivity contribution in [1.29, 1.82) is 0 Å². The molecule has 1 aliphatic heterocycles. The van der Waals surface area contributed by atoms with Gasteiger partial charge in [0.2, 0.25) is 0 Å². The van der Waals surface area contributed by atoms with E-state index in [1.54, 1.807) is 11.8 Å². The summed E-state index contributed by atoms with van der Waals surface area (Å²) in [6.07, 6.45) is 0. The standard InChI is InChI=1S/C19H23BO2S/c1-14-9-11-16(12-10-14)23-17-8-6-7-15(13-17)20-21-18(2,3)19(4,5)22-20/h6-13H,1-5H3. The lowest BCUT2D eigenvalue weighted by atomic mass is 9.79. The van der Waals surface area contributed by atoms with E-state index in [2.05, 4.69) is 83.1 Å². The fourth-order valence-corrected chi connectivity index (χ4v) is 3.33. The molecule has 0 amide bonds. The van der Waals surface area contributed by atoms with E-state index in [4.69, 9.17) is 9.31 Å². The summed E-state index contributed by atoms with van der Waals surface area (Å²) in [7, 11) is -0.307. The molecule has 1 saturated heterocycles. The molecule has 1 fully saturated rings. The molecule has 2 nitrogen and oxygen atoms in total. The van der Waals surface area contributed by atoms with Gasteiger partial charge in [-0.3, -0.25) is 0 Å². The van der Waals surface area contributed by atoms with Crippen molar-refractivity contribution in [3.05, 3.63) is 54.1 Å². The topological polar surface area (TPSA) is 18.5 Å². The van der Waals surface area contributed by atoms with Crippen molar-refractivity contribution in [2.75, 3.05) is 0 Å². The van der Waals surface area contributed by atoms with Gasteiger partial charge in [0, 0.05) is 9.79 Å². The Kier molecular flexibility index (Phi) is 4.34. The normalized spacial score (nSPS) is 19.1. The van der Waals surface area contributed by atoms with Crippen LogP contribution in [0.15, 0.2) is 58.3 Å². The van der Waals surface area contributed by atoms with Crippen LogP contribution in [0.3, 0.4) is 0 Å².